The topological polar surface area (TPSA) is 63.6 Å². The maximum absolute atomic E-state index is 12.6. The van der Waals surface area contributed by atoms with Crippen LogP contribution in [0, 0.1) is 5.92 Å². The van der Waals surface area contributed by atoms with E-state index >= 15 is 0 Å². The highest BCUT2D eigenvalue weighted by Crippen LogP contribution is 2.39. The Balaban J connectivity index is 1.52. The van der Waals surface area contributed by atoms with Gasteiger partial charge in [0.2, 0.25) is 5.12 Å². The number of fused-ring (bicyclic) bond motifs is 1. The quantitative estimate of drug-likeness (QED) is 0.583. The third-order valence-corrected chi connectivity index (χ3v) is 7.42. The van der Waals surface area contributed by atoms with Crippen LogP contribution >= 0.6 is 23.5 Å². The molecule has 1 N–H and O–H groups in total. The van der Waals surface area contributed by atoms with Crippen LogP contribution in [0.15, 0.2) is 59.4 Å². The third-order valence-electron chi connectivity index (χ3n) is 5.29. The first kappa shape index (κ1) is 22.2. The first-order valence-electron chi connectivity index (χ1n) is 10.0. The van der Waals surface area contributed by atoms with Crippen molar-refractivity contribution in [2.75, 3.05) is 12.9 Å². The molecule has 29 heavy (non-hydrogen) atoms. The molecule has 0 saturated carbocycles. The number of allylic oxidation sites excluding steroid dienone is 7. The van der Waals surface area contributed by atoms with Gasteiger partial charge in [0.05, 0.1) is 11.4 Å². The second kappa shape index (κ2) is 10.5. The molecule has 4 nitrogen and oxygen atoms in total. The van der Waals surface area contributed by atoms with Crippen LogP contribution in [0.2, 0.25) is 0 Å². The molecule has 1 aliphatic heterocycles. The van der Waals surface area contributed by atoms with E-state index in [1.165, 1.54) is 23.5 Å². The highest BCUT2D eigenvalue weighted by molar-refractivity contribution is 8.14. The minimum Gasteiger partial charge on any atom is -0.491 e. The van der Waals surface area contributed by atoms with Gasteiger partial charge in [0.25, 0.3) is 0 Å². The van der Waals surface area contributed by atoms with Crippen LogP contribution < -0.4 is 0 Å². The number of ether oxygens (including phenoxy) is 1. The van der Waals surface area contributed by atoms with Crippen LogP contribution in [0.1, 0.15) is 32.6 Å². The van der Waals surface area contributed by atoms with Gasteiger partial charge >= 0.3 is 0 Å². The number of Topliss-reactive ketones (excluding diaryl/α,β-unsaturated/α-hetero) is 1. The molecular formula is C23H28O4S2. The summed E-state index contributed by atoms with van der Waals surface area (Å²) in [5.41, 5.74) is 1.83. The van der Waals surface area contributed by atoms with Gasteiger partial charge in [-0.2, -0.15) is 11.8 Å². The highest BCUT2D eigenvalue weighted by Gasteiger charge is 2.31. The van der Waals surface area contributed by atoms with E-state index in [-0.39, 0.29) is 33.9 Å². The zero-order valence-electron chi connectivity index (χ0n) is 16.9. The summed E-state index contributed by atoms with van der Waals surface area (Å²) in [6.07, 6.45) is 18.3. The molecule has 0 aromatic rings. The molecule has 0 aromatic carbocycles. The number of thioether (sulfide) groups is 2. The largest absolute Gasteiger partial charge is 0.491 e. The summed E-state index contributed by atoms with van der Waals surface area (Å²) in [5.74, 6) is 0.980. The normalized spacial score (nSPS) is 25.5. The van der Waals surface area contributed by atoms with Crippen molar-refractivity contribution in [3.05, 3.63) is 59.4 Å². The van der Waals surface area contributed by atoms with Gasteiger partial charge in [0, 0.05) is 23.2 Å². The van der Waals surface area contributed by atoms with Crippen molar-refractivity contribution in [2.45, 2.75) is 49.2 Å². The summed E-state index contributed by atoms with van der Waals surface area (Å²) in [5, 5.41) is 10.2. The van der Waals surface area contributed by atoms with Crippen LogP contribution in [0.25, 0.3) is 0 Å². The van der Waals surface area contributed by atoms with E-state index in [0.29, 0.717) is 18.6 Å². The van der Waals surface area contributed by atoms with Gasteiger partial charge in [-0.05, 0) is 50.2 Å². The Hall–Kier alpha value is -1.50. The van der Waals surface area contributed by atoms with Crippen molar-refractivity contribution >= 4 is 34.4 Å². The number of hydrogen-bond donors (Lipinski definition) is 1. The SMILES string of the molecule is CSC(C)C(=O)CCC(O)COC1=CC2SC(=O)C(C3=CCCC=C3)=CC2C=C1. The van der Waals surface area contributed by atoms with E-state index < -0.39 is 6.10 Å². The second-order valence-corrected chi connectivity index (χ2v) is 9.77. The Bertz CT molecular complexity index is 791. The molecule has 0 fully saturated rings. The monoisotopic (exact) mass is 432 g/mol. The maximum Gasteiger partial charge on any atom is 0.220 e. The molecule has 3 rings (SSSR count). The van der Waals surface area contributed by atoms with Crippen LogP contribution in [-0.4, -0.2) is 45.5 Å². The molecule has 3 aliphatic rings. The number of aliphatic hydroxyl groups excluding tert-OH is 1. The summed E-state index contributed by atoms with van der Waals surface area (Å²) < 4.78 is 5.73. The first-order chi connectivity index (χ1) is 14.0. The molecule has 4 unspecified atom stereocenters. The zero-order chi connectivity index (χ0) is 20.8. The predicted octanol–water partition coefficient (Wildman–Crippen LogP) is 4.38. The van der Waals surface area contributed by atoms with Crippen LogP contribution in [0.5, 0.6) is 0 Å². The lowest BCUT2D eigenvalue weighted by atomic mass is 9.92. The predicted molar refractivity (Wildman–Crippen MR) is 121 cm³/mol. The minimum atomic E-state index is -0.683. The molecule has 0 amide bonds. The molecule has 0 bridgehead atoms. The van der Waals surface area contributed by atoms with Crippen molar-refractivity contribution < 1.29 is 19.4 Å². The highest BCUT2D eigenvalue weighted by atomic mass is 32.2. The van der Waals surface area contributed by atoms with Crippen molar-refractivity contribution in [3.8, 4) is 0 Å². The number of rotatable bonds is 9. The minimum absolute atomic E-state index is 0.0144. The van der Waals surface area contributed by atoms with Gasteiger partial charge < -0.3 is 9.84 Å². The lowest BCUT2D eigenvalue weighted by Gasteiger charge is -2.28. The van der Waals surface area contributed by atoms with Gasteiger partial charge in [-0.15, -0.1) is 0 Å². The molecule has 0 saturated heterocycles. The molecule has 6 heteroatoms. The molecule has 1 heterocycles. The first-order valence-corrected chi connectivity index (χ1v) is 12.2. The number of aliphatic hydroxyl groups is 1. The number of hydrogen-bond acceptors (Lipinski definition) is 6. The Morgan fingerprint density at radius 1 is 1.34 bits per heavy atom. The van der Waals surface area contributed by atoms with E-state index in [1.54, 1.807) is 0 Å². The second-order valence-electron chi connectivity index (χ2n) is 7.44. The molecule has 2 aliphatic carbocycles. The molecule has 0 radical (unpaired) electrons. The fraction of sp³-hybridized carbons (Fsp3) is 0.478. The standard InChI is InChI=1S/C23H28O4S2/c1-15(28-2)21(25)11-9-18(24)14-27-19-10-8-17-12-20(16-6-4-3-5-7-16)23(26)29-22(17)13-19/h4,6-8,10,12-13,15,17-18,22,24H,3,5,9,11,14H2,1-2H3. The van der Waals surface area contributed by atoms with Gasteiger partial charge in [-0.3, -0.25) is 9.59 Å². The fourth-order valence-corrected chi connectivity index (χ4v) is 4.87. The number of carbonyl (C=O) groups excluding carboxylic acids is 2. The lowest BCUT2D eigenvalue weighted by molar-refractivity contribution is -0.119. The van der Waals surface area contributed by atoms with Gasteiger partial charge in [-0.25, -0.2) is 0 Å². The van der Waals surface area contributed by atoms with Gasteiger partial charge in [0.1, 0.15) is 18.1 Å². The summed E-state index contributed by atoms with van der Waals surface area (Å²) >= 11 is 2.85. The van der Waals surface area contributed by atoms with E-state index in [9.17, 15) is 14.7 Å². The van der Waals surface area contributed by atoms with Crippen LogP contribution in [0.3, 0.4) is 0 Å². The molecule has 4 atom stereocenters. The van der Waals surface area contributed by atoms with Gasteiger partial charge in [-0.1, -0.05) is 42.1 Å². The summed E-state index contributed by atoms with van der Waals surface area (Å²) in [7, 11) is 0. The average molecular weight is 433 g/mol. The lowest BCUT2D eigenvalue weighted by Crippen LogP contribution is -2.25. The van der Waals surface area contributed by atoms with Crippen molar-refractivity contribution in [2.24, 2.45) is 5.92 Å². The molecule has 156 valence electrons. The summed E-state index contributed by atoms with van der Waals surface area (Å²) in [4.78, 5) is 24.5. The maximum atomic E-state index is 12.6. The Morgan fingerprint density at radius 2 is 2.17 bits per heavy atom. The van der Waals surface area contributed by atoms with Crippen molar-refractivity contribution in [1.82, 2.24) is 0 Å². The molecule has 0 spiro atoms. The summed E-state index contributed by atoms with van der Waals surface area (Å²) in [6, 6.07) is 0. The molecular weight excluding hydrogens is 404 g/mol. The zero-order valence-corrected chi connectivity index (χ0v) is 18.5. The van der Waals surface area contributed by atoms with E-state index in [4.69, 9.17) is 4.74 Å². The Kier molecular flexibility index (Phi) is 8.04. The Morgan fingerprint density at radius 3 is 2.90 bits per heavy atom. The third kappa shape index (κ3) is 6.00. The van der Waals surface area contributed by atoms with Crippen molar-refractivity contribution in [1.29, 1.82) is 0 Å². The smallest absolute Gasteiger partial charge is 0.220 e. The summed E-state index contributed by atoms with van der Waals surface area (Å²) in [6.45, 7) is 2.03. The van der Waals surface area contributed by atoms with Crippen molar-refractivity contribution in [3.63, 3.8) is 0 Å². The van der Waals surface area contributed by atoms with Gasteiger partial charge in [0.15, 0.2) is 0 Å². The molecule has 0 aromatic heterocycles. The number of carbonyl (C=O) groups is 2. The van der Waals surface area contributed by atoms with E-state index in [0.717, 1.165) is 24.0 Å². The van der Waals surface area contributed by atoms with E-state index in [2.05, 4.69) is 24.3 Å². The Labute approximate surface area is 181 Å². The van der Waals surface area contributed by atoms with Crippen LogP contribution in [-0.2, 0) is 14.3 Å². The van der Waals surface area contributed by atoms with Crippen LogP contribution in [0.4, 0.5) is 0 Å². The number of ketones is 1. The average Bonchev–Trinajstić information content (AvgIpc) is 2.75. The fourth-order valence-electron chi connectivity index (χ4n) is 3.40. The van der Waals surface area contributed by atoms with E-state index in [1.807, 2.05) is 31.4 Å².